The molecule has 0 aromatic carbocycles. The summed E-state index contributed by atoms with van der Waals surface area (Å²) < 4.78 is 4.81. The molecule has 0 aliphatic heterocycles. The van der Waals surface area contributed by atoms with Crippen LogP contribution in [0.4, 0.5) is 0 Å². The van der Waals surface area contributed by atoms with E-state index in [2.05, 4.69) is 26.1 Å². The number of carbonyl (C=O) groups excluding carboxylic acids is 1. The highest BCUT2D eigenvalue weighted by Gasteiger charge is 2.43. The summed E-state index contributed by atoms with van der Waals surface area (Å²) in [6.45, 7) is 10.1. The van der Waals surface area contributed by atoms with Crippen molar-refractivity contribution in [2.75, 3.05) is 14.2 Å². The fraction of sp³-hybridized carbons (Fsp3) is 0.909. The first-order chi connectivity index (χ1) is 6.17. The molecule has 0 amide bonds. The van der Waals surface area contributed by atoms with Crippen LogP contribution in [0.5, 0.6) is 0 Å². The molecular formula is C11H23NO2. The summed E-state index contributed by atoms with van der Waals surface area (Å²) in [4.78, 5) is 11.6. The van der Waals surface area contributed by atoms with Gasteiger partial charge in [-0.05, 0) is 26.3 Å². The molecule has 0 radical (unpaired) electrons. The quantitative estimate of drug-likeness (QED) is 0.708. The normalized spacial score (nSPS) is 15.1. The van der Waals surface area contributed by atoms with Crippen molar-refractivity contribution in [1.29, 1.82) is 0 Å². The number of nitrogens with one attached hydrogen (secondary N) is 1. The van der Waals surface area contributed by atoms with Crippen molar-refractivity contribution >= 4 is 5.97 Å². The molecule has 1 atom stereocenters. The highest BCUT2D eigenvalue weighted by Crippen LogP contribution is 2.34. The van der Waals surface area contributed by atoms with Crippen LogP contribution in [-0.4, -0.2) is 26.2 Å². The molecule has 0 saturated heterocycles. The zero-order chi connectivity index (χ0) is 11.6. The van der Waals surface area contributed by atoms with E-state index in [0.717, 1.165) is 0 Å². The third kappa shape index (κ3) is 2.71. The zero-order valence-corrected chi connectivity index (χ0v) is 10.4. The molecule has 0 fully saturated rings. The van der Waals surface area contributed by atoms with Gasteiger partial charge in [-0.15, -0.1) is 0 Å². The van der Waals surface area contributed by atoms with Crippen LogP contribution in [0.2, 0.25) is 0 Å². The standard InChI is InChI=1S/C11H23NO2/c1-10(2,3)8(12-6)11(4,5)9(13)14-7/h8,12H,1-7H3. The molecule has 0 aromatic heterocycles. The second kappa shape index (κ2) is 4.30. The van der Waals surface area contributed by atoms with Crippen LogP contribution in [0.1, 0.15) is 34.6 Å². The van der Waals surface area contributed by atoms with Gasteiger partial charge >= 0.3 is 5.97 Å². The summed E-state index contributed by atoms with van der Waals surface area (Å²) in [5.74, 6) is -0.174. The molecule has 0 saturated carbocycles. The largest absolute Gasteiger partial charge is 0.469 e. The van der Waals surface area contributed by atoms with Crippen molar-refractivity contribution in [3.8, 4) is 0 Å². The third-order valence-electron chi connectivity index (χ3n) is 2.59. The SMILES string of the molecule is CNC(C(C)(C)C)C(C)(C)C(=O)OC. The maximum atomic E-state index is 11.6. The average Bonchev–Trinajstić information content (AvgIpc) is 2.00. The molecular weight excluding hydrogens is 178 g/mol. The molecule has 0 aliphatic carbocycles. The third-order valence-corrected chi connectivity index (χ3v) is 2.59. The fourth-order valence-electron chi connectivity index (χ4n) is 2.26. The number of carbonyl (C=O) groups is 1. The Morgan fingerprint density at radius 2 is 1.64 bits per heavy atom. The summed E-state index contributed by atoms with van der Waals surface area (Å²) in [6.07, 6.45) is 0. The first-order valence-corrected chi connectivity index (χ1v) is 4.93. The molecule has 0 spiro atoms. The van der Waals surface area contributed by atoms with E-state index in [-0.39, 0.29) is 17.4 Å². The van der Waals surface area contributed by atoms with E-state index in [1.807, 2.05) is 20.9 Å². The average molecular weight is 201 g/mol. The molecule has 1 N–H and O–H groups in total. The van der Waals surface area contributed by atoms with E-state index in [0.29, 0.717) is 0 Å². The lowest BCUT2D eigenvalue weighted by Crippen LogP contribution is -2.52. The Labute approximate surface area is 87.2 Å². The molecule has 0 rings (SSSR count). The van der Waals surface area contributed by atoms with Crippen LogP contribution >= 0.6 is 0 Å². The predicted octanol–water partition coefficient (Wildman–Crippen LogP) is 1.82. The van der Waals surface area contributed by atoms with Gasteiger partial charge in [0.15, 0.2) is 0 Å². The molecule has 0 bridgehead atoms. The van der Waals surface area contributed by atoms with Crippen molar-refractivity contribution in [3.63, 3.8) is 0 Å². The number of hydrogen-bond donors (Lipinski definition) is 1. The molecule has 0 aliphatic rings. The Bertz CT molecular complexity index is 204. The number of rotatable bonds is 3. The van der Waals surface area contributed by atoms with Crippen molar-refractivity contribution in [3.05, 3.63) is 0 Å². The minimum Gasteiger partial charge on any atom is -0.469 e. The highest BCUT2D eigenvalue weighted by molar-refractivity contribution is 5.76. The van der Waals surface area contributed by atoms with Crippen LogP contribution in [0.15, 0.2) is 0 Å². The summed E-state index contributed by atoms with van der Waals surface area (Å²) >= 11 is 0. The van der Waals surface area contributed by atoms with Gasteiger partial charge in [0.1, 0.15) is 0 Å². The first kappa shape index (κ1) is 13.4. The maximum absolute atomic E-state index is 11.6. The molecule has 0 heterocycles. The van der Waals surface area contributed by atoms with Gasteiger partial charge in [-0.25, -0.2) is 0 Å². The van der Waals surface area contributed by atoms with Crippen molar-refractivity contribution < 1.29 is 9.53 Å². The highest BCUT2D eigenvalue weighted by atomic mass is 16.5. The van der Waals surface area contributed by atoms with E-state index in [9.17, 15) is 4.79 Å². The second-order valence-corrected chi connectivity index (χ2v) is 5.30. The summed E-state index contributed by atoms with van der Waals surface area (Å²) in [5.41, 5.74) is -0.492. The molecule has 14 heavy (non-hydrogen) atoms. The predicted molar refractivity (Wildman–Crippen MR) is 58.1 cm³/mol. The van der Waals surface area contributed by atoms with Crippen LogP contribution in [0.3, 0.4) is 0 Å². The van der Waals surface area contributed by atoms with Crippen molar-refractivity contribution in [2.24, 2.45) is 10.8 Å². The van der Waals surface area contributed by atoms with Gasteiger partial charge in [0.2, 0.25) is 0 Å². The van der Waals surface area contributed by atoms with Gasteiger partial charge in [-0.2, -0.15) is 0 Å². The Hall–Kier alpha value is -0.570. The Balaban J connectivity index is 4.93. The minimum atomic E-state index is -0.512. The molecule has 1 unspecified atom stereocenters. The fourth-order valence-corrected chi connectivity index (χ4v) is 2.26. The first-order valence-electron chi connectivity index (χ1n) is 4.93. The molecule has 0 aromatic rings. The number of esters is 1. The summed E-state index contributed by atoms with van der Waals surface area (Å²) in [5, 5.41) is 3.20. The van der Waals surface area contributed by atoms with Gasteiger partial charge < -0.3 is 10.1 Å². The van der Waals surface area contributed by atoms with Crippen molar-refractivity contribution in [2.45, 2.75) is 40.7 Å². The Kier molecular flexibility index (Phi) is 4.13. The summed E-state index contributed by atoms with van der Waals surface area (Å²) in [6, 6.07) is 0.0856. The van der Waals surface area contributed by atoms with Gasteiger partial charge in [0, 0.05) is 6.04 Å². The van der Waals surface area contributed by atoms with Crippen LogP contribution < -0.4 is 5.32 Å². The Morgan fingerprint density at radius 3 is 1.86 bits per heavy atom. The van der Waals surface area contributed by atoms with E-state index in [1.54, 1.807) is 0 Å². The lowest BCUT2D eigenvalue weighted by atomic mass is 9.71. The zero-order valence-electron chi connectivity index (χ0n) is 10.4. The lowest BCUT2D eigenvalue weighted by Gasteiger charge is -2.40. The monoisotopic (exact) mass is 201 g/mol. The number of methoxy groups -OCH3 is 1. The second-order valence-electron chi connectivity index (χ2n) is 5.30. The molecule has 84 valence electrons. The minimum absolute atomic E-state index is 0.0203. The lowest BCUT2D eigenvalue weighted by molar-refractivity contribution is -0.154. The van der Waals surface area contributed by atoms with Gasteiger partial charge in [-0.1, -0.05) is 20.8 Å². The van der Waals surface area contributed by atoms with E-state index in [1.165, 1.54) is 7.11 Å². The topological polar surface area (TPSA) is 38.3 Å². The van der Waals surface area contributed by atoms with Gasteiger partial charge in [0.25, 0.3) is 0 Å². The molecule has 3 heteroatoms. The van der Waals surface area contributed by atoms with Gasteiger partial charge in [0.05, 0.1) is 12.5 Å². The van der Waals surface area contributed by atoms with E-state index >= 15 is 0 Å². The smallest absolute Gasteiger partial charge is 0.312 e. The van der Waals surface area contributed by atoms with Crippen molar-refractivity contribution in [1.82, 2.24) is 5.32 Å². The molecule has 3 nitrogen and oxygen atoms in total. The van der Waals surface area contributed by atoms with E-state index < -0.39 is 5.41 Å². The maximum Gasteiger partial charge on any atom is 0.312 e. The number of hydrogen-bond acceptors (Lipinski definition) is 3. The Morgan fingerprint density at radius 1 is 1.21 bits per heavy atom. The summed E-state index contributed by atoms with van der Waals surface area (Å²) in [7, 11) is 3.31. The van der Waals surface area contributed by atoms with Crippen LogP contribution in [0, 0.1) is 10.8 Å². The van der Waals surface area contributed by atoms with E-state index in [4.69, 9.17) is 4.74 Å². The van der Waals surface area contributed by atoms with Crippen LogP contribution in [0.25, 0.3) is 0 Å². The van der Waals surface area contributed by atoms with Gasteiger partial charge in [-0.3, -0.25) is 4.79 Å². The number of ether oxygens (including phenoxy) is 1. The van der Waals surface area contributed by atoms with Crippen LogP contribution in [-0.2, 0) is 9.53 Å².